The van der Waals surface area contributed by atoms with E-state index in [1.165, 1.54) is 13.5 Å². The Bertz CT molecular complexity index is 293. The third-order valence-corrected chi connectivity index (χ3v) is 3.84. The van der Waals surface area contributed by atoms with Gasteiger partial charge in [-0.25, -0.2) is 4.79 Å². The van der Waals surface area contributed by atoms with Crippen LogP contribution in [-0.2, 0) is 9.53 Å². The first kappa shape index (κ1) is 11.6. The normalized spacial score (nSPS) is 33.7. The fraction of sp³-hybridized carbons (Fsp3) is 0.750. The summed E-state index contributed by atoms with van der Waals surface area (Å²) in [4.78, 5) is 14.4. The molecule has 0 aromatic carbocycles. The molecule has 2 saturated heterocycles. The van der Waals surface area contributed by atoms with Crippen molar-refractivity contribution in [1.29, 1.82) is 0 Å². The van der Waals surface area contributed by atoms with Gasteiger partial charge >= 0.3 is 5.97 Å². The molecule has 0 aromatic heterocycles. The summed E-state index contributed by atoms with van der Waals surface area (Å²) in [5.41, 5.74) is -0.501. The molecule has 0 amide bonds. The molecule has 2 heterocycles. The molecule has 2 aliphatic heterocycles. The summed E-state index contributed by atoms with van der Waals surface area (Å²) in [6, 6.07) is 0.305. The van der Waals surface area contributed by atoms with Crippen LogP contribution in [-0.4, -0.2) is 49.2 Å². The number of carbonyl (C=O) groups excluding carboxylic acids is 1. The molecule has 2 fully saturated rings. The predicted octanol–water partition coefficient (Wildman–Crippen LogP) is 0.542. The standard InChI is InChI=1S/C12H20N2O2/c1-3-7-13-12(11(15)16-2)6-9-14-8-4-5-10(12)14/h3,10,13H,1,4-9H2,2H3. The maximum absolute atomic E-state index is 12.0. The van der Waals surface area contributed by atoms with Gasteiger partial charge < -0.3 is 4.74 Å². The van der Waals surface area contributed by atoms with E-state index < -0.39 is 5.54 Å². The number of carbonyl (C=O) groups is 1. The Balaban J connectivity index is 2.19. The summed E-state index contributed by atoms with van der Waals surface area (Å²) < 4.78 is 4.98. The van der Waals surface area contributed by atoms with Gasteiger partial charge in [0.1, 0.15) is 5.54 Å². The van der Waals surface area contributed by atoms with Gasteiger partial charge in [0.2, 0.25) is 0 Å². The summed E-state index contributed by atoms with van der Waals surface area (Å²) in [7, 11) is 1.47. The van der Waals surface area contributed by atoms with Crippen molar-refractivity contribution >= 4 is 5.97 Å². The molecule has 4 nitrogen and oxygen atoms in total. The molecule has 0 spiro atoms. The lowest BCUT2D eigenvalue weighted by atomic mass is 9.88. The SMILES string of the molecule is C=CCNC1(C(=O)OC)CCN2CCCC21. The van der Waals surface area contributed by atoms with Crippen molar-refractivity contribution in [3.8, 4) is 0 Å². The fourth-order valence-corrected chi connectivity index (χ4v) is 3.09. The molecule has 4 heteroatoms. The zero-order valence-electron chi connectivity index (χ0n) is 9.87. The topological polar surface area (TPSA) is 41.6 Å². The van der Waals surface area contributed by atoms with Crippen molar-refractivity contribution in [1.82, 2.24) is 10.2 Å². The molecule has 0 bridgehead atoms. The Morgan fingerprint density at radius 1 is 1.69 bits per heavy atom. The molecule has 2 aliphatic rings. The van der Waals surface area contributed by atoms with Crippen LogP contribution >= 0.6 is 0 Å². The molecular weight excluding hydrogens is 204 g/mol. The Morgan fingerprint density at radius 3 is 3.19 bits per heavy atom. The Morgan fingerprint density at radius 2 is 2.50 bits per heavy atom. The number of rotatable bonds is 4. The lowest BCUT2D eigenvalue weighted by Gasteiger charge is -2.33. The molecule has 0 saturated carbocycles. The van der Waals surface area contributed by atoms with Gasteiger partial charge in [-0.15, -0.1) is 6.58 Å². The van der Waals surface area contributed by atoms with E-state index in [1.807, 2.05) is 0 Å². The molecule has 2 atom stereocenters. The number of methoxy groups -OCH3 is 1. The molecule has 0 aliphatic carbocycles. The van der Waals surface area contributed by atoms with Gasteiger partial charge in [-0.2, -0.15) is 0 Å². The first-order chi connectivity index (χ1) is 7.74. The van der Waals surface area contributed by atoms with E-state index in [4.69, 9.17) is 4.74 Å². The van der Waals surface area contributed by atoms with Crippen LogP contribution < -0.4 is 5.32 Å². The summed E-state index contributed by atoms with van der Waals surface area (Å²) in [6.45, 7) is 6.45. The predicted molar refractivity (Wildman–Crippen MR) is 62.2 cm³/mol. The maximum atomic E-state index is 12.0. The van der Waals surface area contributed by atoms with Crippen molar-refractivity contribution in [3.05, 3.63) is 12.7 Å². The minimum Gasteiger partial charge on any atom is -0.468 e. The molecule has 2 unspecified atom stereocenters. The minimum atomic E-state index is -0.501. The summed E-state index contributed by atoms with van der Waals surface area (Å²) in [5.74, 6) is -0.122. The zero-order chi connectivity index (χ0) is 11.6. The van der Waals surface area contributed by atoms with E-state index in [1.54, 1.807) is 6.08 Å². The Kier molecular flexibility index (Phi) is 3.30. The molecule has 90 valence electrons. The van der Waals surface area contributed by atoms with Crippen molar-refractivity contribution in [3.63, 3.8) is 0 Å². The van der Waals surface area contributed by atoms with E-state index in [9.17, 15) is 4.79 Å². The number of hydrogen-bond donors (Lipinski definition) is 1. The van der Waals surface area contributed by atoms with E-state index in [2.05, 4.69) is 16.8 Å². The largest absolute Gasteiger partial charge is 0.468 e. The van der Waals surface area contributed by atoms with E-state index in [0.29, 0.717) is 12.6 Å². The zero-order valence-corrected chi connectivity index (χ0v) is 9.87. The summed E-state index contributed by atoms with van der Waals surface area (Å²) in [6.07, 6.45) is 4.90. The van der Waals surface area contributed by atoms with Crippen molar-refractivity contribution in [2.45, 2.75) is 30.8 Å². The highest BCUT2D eigenvalue weighted by molar-refractivity contribution is 5.82. The second kappa shape index (κ2) is 4.55. The number of ether oxygens (including phenoxy) is 1. The van der Waals surface area contributed by atoms with Crippen LogP contribution in [0, 0.1) is 0 Å². The molecule has 0 aromatic rings. The number of nitrogens with zero attached hydrogens (tertiary/aromatic N) is 1. The van der Waals surface area contributed by atoms with Gasteiger partial charge in [0.05, 0.1) is 7.11 Å². The van der Waals surface area contributed by atoms with E-state index in [-0.39, 0.29) is 5.97 Å². The third kappa shape index (κ3) is 1.66. The van der Waals surface area contributed by atoms with E-state index >= 15 is 0 Å². The minimum absolute atomic E-state index is 0.122. The average molecular weight is 224 g/mol. The first-order valence-corrected chi connectivity index (χ1v) is 5.93. The van der Waals surface area contributed by atoms with Crippen LogP contribution in [0.25, 0.3) is 0 Å². The smallest absolute Gasteiger partial charge is 0.327 e. The number of hydrogen-bond acceptors (Lipinski definition) is 4. The van der Waals surface area contributed by atoms with Crippen LogP contribution in [0.1, 0.15) is 19.3 Å². The molecule has 2 rings (SSSR count). The summed E-state index contributed by atoms with van der Waals surface area (Å²) in [5, 5.41) is 3.33. The maximum Gasteiger partial charge on any atom is 0.327 e. The van der Waals surface area contributed by atoms with Crippen LogP contribution in [0.15, 0.2) is 12.7 Å². The first-order valence-electron chi connectivity index (χ1n) is 5.93. The number of nitrogens with one attached hydrogen (secondary N) is 1. The third-order valence-electron chi connectivity index (χ3n) is 3.84. The number of esters is 1. The monoisotopic (exact) mass is 224 g/mol. The second-order valence-electron chi connectivity index (χ2n) is 4.58. The van der Waals surface area contributed by atoms with Gasteiger partial charge in [-0.1, -0.05) is 6.08 Å². The Hall–Kier alpha value is -0.870. The van der Waals surface area contributed by atoms with Crippen molar-refractivity contribution in [2.75, 3.05) is 26.7 Å². The van der Waals surface area contributed by atoms with Gasteiger partial charge in [0, 0.05) is 19.1 Å². The second-order valence-corrected chi connectivity index (χ2v) is 4.58. The quantitative estimate of drug-likeness (QED) is 0.559. The van der Waals surface area contributed by atoms with Gasteiger partial charge in [0.15, 0.2) is 0 Å². The Labute approximate surface area is 96.6 Å². The highest BCUT2D eigenvalue weighted by Crippen LogP contribution is 2.36. The highest BCUT2D eigenvalue weighted by Gasteiger charge is 2.54. The van der Waals surface area contributed by atoms with Crippen LogP contribution in [0.4, 0.5) is 0 Å². The van der Waals surface area contributed by atoms with Crippen LogP contribution in [0.3, 0.4) is 0 Å². The van der Waals surface area contributed by atoms with Crippen LogP contribution in [0.5, 0.6) is 0 Å². The summed E-state index contributed by atoms with van der Waals surface area (Å²) >= 11 is 0. The fourth-order valence-electron chi connectivity index (χ4n) is 3.09. The van der Waals surface area contributed by atoms with E-state index in [0.717, 1.165) is 25.9 Å². The average Bonchev–Trinajstić information content (AvgIpc) is 2.88. The van der Waals surface area contributed by atoms with Crippen molar-refractivity contribution in [2.24, 2.45) is 0 Å². The lowest BCUT2D eigenvalue weighted by Crippen LogP contribution is -2.59. The van der Waals surface area contributed by atoms with Crippen molar-refractivity contribution < 1.29 is 9.53 Å². The molecular formula is C12H20N2O2. The van der Waals surface area contributed by atoms with Gasteiger partial charge in [0.25, 0.3) is 0 Å². The molecule has 1 N–H and O–H groups in total. The highest BCUT2D eigenvalue weighted by atomic mass is 16.5. The number of fused-ring (bicyclic) bond motifs is 1. The van der Waals surface area contributed by atoms with Gasteiger partial charge in [-0.05, 0) is 25.8 Å². The lowest BCUT2D eigenvalue weighted by molar-refractivity contribution is -0.149. The van der Waals surface area contributed by atoms with Gasteiger partial charge in [-0.3, -0.25) is 10.2 Å². The molecule has 0 radical (unpaired) electrons. The van der Waals surface area contributed by atoms with Crippen LogP contribution in [0.2, 0.25) is 0 Å². The molecule has 16 heavy (non-hydrogen) atoms.